The average Bonchev–Trinajstić information content (AvgIpc) is 3.36. The predicted octanol–water partition coefficient (Wildman–Crippen LogP) is -2.61. The van der Waals surface area contributed by atoms with E-state index in [1.54, 1.807) is 6.92 Å². The number of H-pyrrole nitrogens is 1. The van der Waals surface area contributed by atoms with Crippen molar-refractivity contribution >= 4 is 35.6 Å². The van der Waals surface area contributed by atoms with Crippen LogP contribution in [0.2, 0.25) is 0 Å². The van der Waals surface area contributed by atoms with E-state index in [0.717, 1.165) is 0 Å². The van der Waals surface area contributed by atoms with Crippen molar-refractivity contribution in [2.24, 2.45) is 28.1 Å². The molecule has 1 rings (SSSR count). The van der Waals surface area contributed by atoms with E-state index in [-0.39, 0.29) is 31.3 Å². The second-order valence-corrected chi connectivity index (χ2v) is 8.76. The molecule has 0 fully saturated rings. The van der Waals surface area contributed by atoms with Gasteiger partial charge in [0.25, 0.3) is 0 Å². The number of imidazole rings is 1. The van der Waals surface area contributed by atoms with Crippen molar-refractivity contribution in [3.05, 3.63) is 18.2 Å². The zero-order chi connectivity index (χ0) is 28.8. The number of nitrogens with one attached hydrogen (secondary N) is 4. The zero-order valence-corrected chi connectivity index (χ0v) is 21.3. The average molecular weight is 540 g/mol. The third kappa shape index (κ3) is 11.2. The molecule has 16 heteroatoms. The van der Waals surface area contributed by atoms with Crippen LogP contribution in [0.1, 0.15) is 45.2 Å². The summed E-state index contributed by atoms with van der Waals surface area (Å²) in [4.78, 5) is 71.8. The molecule has 5 atom stereocenters. The Morgan fingerprint density at radius 3 is 2.16 bits per heavy atom. The van der Waals surface area contributed by atoms with Gasteiger partial charge in [0.1, 0.15) is 18.1 Å². The van der Waals surface area contributed by atoms with Crippen molar-refractivity contribution in [1.82, 2.24) is 25.9 Å². The van der Waals surface area contributed by atoms with Crippen molar-refractivity contribution < 1.29 is 34.2 Å². The molecule has 3 amide bonds. The van der Waals surface area contributed by atoms with Gasteiger partial charge in [-0.2, -0.15) is 0 Å². The highest BCUT2D eigenvalue weighted by atomic mass is 16.4. The molecule has 38 heavy (non-hydrogen) atoms. The Balaban J connectivity index is 3.13. The second-order valence-electron chi connectivity index (χ2n) is 8.76. The van der Waals surface area contributed by atoms with Crippen molar-refractivity contribution in [2.75, 3.05) is 6.54 Å². The summed E-state index contributed by atoms with van der Waals surface area (Å²) in [6.45, 7) is 3.83. The molecule has 12 N–H and O–H groups in total. The fraction of sp³-hybridized carbons (Fsp3) is 0.591. The minimum atomic E-state index is -1.73. The molecular weight excluding hydrogens is 502 g/mol. The molecule has 0 aliphatic carbocycles. The number of carbonyl (C=O) groups is 5. The lowest BCUT2D eigenvalue weighted by atomic mass is 9.98. The highest BCUT2D eigenvalue weighted by Gasteiger charge is 2.32. The Bertz CT molecular complexity index is 980. The predicted molar refractivity (Wildman–Crippen MR) is 135 cm³/mol. The Morgan fingerprint density at radius 1 is 1.03 bits per heavy atom. The lowest BCUT2D eigenvalue weighted by Crippen LogP contribution is -2.58. The maximum Gasteiger partial charge on any atom is 0.326 e. The SMILES string of the molecule is CCC(C)C(N)C(=O)NC(CCCN=C(N)N)C(=O)NC(Cc1cnc[nH]1)C(=O)NC(CC(=O)O)C(=O)O. The molecule has 0 saturated heterocycles. The van der Waals surface area contributed by atoms with Crippen LogP contribution in [0.4, 0.5) is 0 Å². The van der Waals surface area contributed by atoms with Gasteiger partial charge in [-0.25, -0.2) is 9.78 Å². The quantitative estimate of drug-likeness (QED) is 0.0561. The molecule has 1 aromatic heterocycles. The van der Waals surface area contributed by atoms with E-state index in [4.69, 9.17) is 22.3 Å². The Kier molecular flexibility index (Phi) is 13.2. The van der Waals surface area contributed by atoms with Gasteiger partial charge in [0, 0.05) is 24.9 Å². The van der Waals surface area contributed by atoms with E-state index in [1.165, 1.54) is 12.5 Å². The number of amides is 3. The van der Waals surface area contributed by atoms with Gasteiger partial charge in [-0.1, -0.05) is 20.3 Å². The summed E-state index contributed by atoms with van der Waals surface area (Å²) in [5, 5.41) is 25.5. The fourth-order valence-electron chi connectivity index (χ4n) is 3.30. The number of carboxylic acids is 2. The Labute approximate surface area is 219 Å². The number of guanidine groups is 1. The first kappa shape index (κ1) is 31.8. The molecule has 0 radical (unpaired) electrons. The Hall–Kier alpha value is -4.21. The lowest BCUT2D eigenvalue weighted by molar-refractivity contribution is -0.147. The molecule has 1 heterocycles. The molecule has 1 aromatic rings. The summed E-state index contributed by atoms with van der Waals surface area (Å²) in [5.41, 5.74) is 17.1. The van der Waals surface area contributed by atoms with Crippen LogP contribution < -0.4 is 33.2 Å². The number of nitrogens with zero attached hydrogens (tertiary/aromatic N) is 2. The standard InChI is InChI=1S/C22H37N9O7/c1-3-11(2)17(23)20(36)29-13(5-4-6-27-22(24)25)18(34)30-14(7-12-9-26-10-28-12)19(35)31-15(21(37)38)8-16(32)33/h9-11,13-15,17H,3-8,23H2,1-2H3,(H,26,28)(H,29,36)(H,30,34)(H,31,35)(H,32,33)(H,37,38)(H4,24,25,27). The molecule has 0 spiro atoms. The van der Waals surface area contributed by atoms with Crippen LogP contribution in [0.3, 0.4) is 0 Å². The van der Waals surface area contributed by atoms with Gasteiger partial charge in [0.2, 0.25) is 17.7 Å². The van der Waals surface area contributed by atoms with Crippen LogP contribution in [-0.2, 0) is 30.4 Å². The maximum atomic E-state index is 13.2. The van der Waals surface area contributed by atoms with Crippen molar-refractivity contribution in [1.29, 1.82) is 0 Å². The summed E-state index contributed by atoms with van der Waals surface area (Å²) in [7, 11) is 0. The number of nitrogens with two attached hydrogens (primary N) is 3. The number of aromatic amines is 1. The van der Waals surface area contributed by atoms with Crippen molar-refractivity contribution in [2.45, 2.75) is 70.1 Å². The molecule has 5 unspecified atom stereocenters. The summed E-state index contributed by atoms with van der Waals surface area (Å²) in [6, 6.07) is -5.08. The van der Waals surface area contributed by atoms with E-state index in [2.05, 4.69) is 30.9 Å². The van der Waals surface area contributed by atoms with Crippen LogP contribution in [0.5, 0.6) is 0 Å². The second kappa shape index (κ2) is 15.8. The summed E-state index contributed by atoms with van der Waals surface area (Å²) in [5.74, 6) is -5.55. The molecule has 0 bridgehead atoms. The largest absolute Gasteiger partial charge is 0.481 e. The van der Waals surface area contributed by atoms with Crippen LogP contribution in [0.15, 0.2) is 17.5 Å². The number of carbonyl (C=O) groups excluding carboxylic acids is 3. The molecule has 0 aliphatic heterocycles. The minimum absolute atomic E-state index is 0.0940. The van der Waals surface area contributed by atoms with Crippen LogP contribution >= 0.6 is 0 Å². The monoisotopic (exact) mass is 539 g/mol. The molecule has 0 saturated carbocycles. The highest BCUT2D eigenvalue weighted by Crippen LogP contribution is 2.08. The summed E-state index contributed by atoms with van der Waals surface area (Å²) >= 11 is 0. The number of aliphatic imine (C=N–C) groups is 1. The molecule has 0 aliphatic rings. The highest BCUT2D eigenvalue weighted by molar-refractivity contribution is 5.94. The molecule has 0 aromatic carbocycles. The van der Waals surface area contributed by atoms with E-state index in [9.17, 15) is 29.1 Å². The summed E-state index contributed by atoms with van der Waals surface area (Å²) in [6.07, 6.45) is 2.77. The first-order chi connectivity index (χ1) is 17.8. The van der Waals surface area contributed by atoms with Gasteiger partial charge in [0.15, 0.2) is 5.96 Å². The smallest absolute Gasteiger partial charge is 0.326 e. The van der Waals surface area contributed by atoms with Gasteiger partial charge in [-0.05, 0) is 18.8 Å². The molecule has 16 nitrogen and oxygen atoms in total. The number of rotatable bonds is 17. The van der Waals surface area contributed by atoms with Gasteiger partial charge in [-0.15, -0.1) is 0 Å². The van der Waals surface area contributed by atoms with Gasteiger partial charge >= 0.3 is 11.9 Å². The number of hydrogen-bond donors (Lipinski definition) is 9. The van der Waals surface area contributed by atoms with E-state index in [1.807, 2.05) is 6.92 Å². The van der Waals surface area contributed by atoms with Gasteiger partial charge in [0.05, 0.1) is 18.8 Å². The van der Waals surface area contributed by atoms with E-state index < -0.39 is 60.2 Å². The van der Waals surface area contributed by atoms with Crippen molar-refractivity contribution in [3.63, 3.8) is 0 Å². The third-order valence-electron chi connectivity index (χ3n) is 5.74. The zero-order valence-electron chi connectivity index (χ0n) is 21.3. The number of carboxylic acid groups (broad SMARTS) is 2. The van der Waals surface area contributed by atoms with Gasteiger partial charge in [-0.3, -0.25) is 24.2 Å². The van der Waals surface area contributed by atoms with E-state index in [0.29, 0.717) is 18.5 Å². The Morgan fingerprint density at radius 2 is 1.63 bits per heavy atom. The first-order valence-electron chi connectivity index (χ1n) is 12.0. The minimum Gasteiger partial charge on any atom is -0.481 e. The normalized spacial score (nSPS) is 14.7. The van der Waals surface area contributed by atoms with E-state index >= 15 is 0 Å². The summed E-state index contributed by atoms with van der Waals surface area (Å²) < 4.78 is 0. The van der Waals surface area contributed by atoms with Crippen molar-refractivity contribution in [3.8, 4) is 0 Å². The van der Waals surface area contributed by atoms with Crippen LogP contribution in [0.25, 0.3) is 0 Å². The third-order valence-corrected chi connectivity index (χ3v) is 5.74. The number of hydrogen-bond acceptors (Lipinski definition) is 8. The van der Waals surface area contributed by atoms with Crippen LogP contribution in [0, 0.1) is 5.92 Å². The fourth-order valence-corrected chi connectivity index (χ4v) is 3.30. The molecular formula is C22H37N9O7. The topological polar surface area (TPSA) is 281 Å². The maximum absolute atomic E-state index is 13.2. The number of aliphatic carboxylic acids is 2. The number of aromatic nitrogens is 2. The van der Waals surface area contributed by atoms with Crippen LogP contribution in [-0.4, -0.2) is 86.5 Å². The molecule has 212 valence electrons. The lowest BCUT2D eigenvalue weighted by Gasteiger charge is -2.26. The van der Waals surface area contributed by atoms with Gasteiger partial charge < -0.3 is 48.3 Å². The first-order valence-corrected chi connectivity index (χ1v) is 12.0.